The van der Waals surface area contributed by atoms with Crippen LogP contribution in [0, 0.1) is 0 Å². The van der Waals surface area contributed by atoms with Crippen molar-refractivity contribution in [2.45, 2.75) is 19.1 Å². The molecule has 0 bridgehead atoms. The largest absolute Gasteiger partial charge is 0.508 e. The number of benzene rings is 3. The molecule has 0 saturated carbocycles. The van der Waals surface area contributed by atoms with Crippen LogP contribution in [0.15, 0.2) is 89.4 Å². The van der Waals surface area contributed by atoms with Gasteiger partial charge < -0.3 is 25.6 Å². The van der Waals surface area contributed by atoms with Crippen LogP contribution >= 0.6 is 15.9 Å². The zero-order valence-electron chi connectivity index (χ0n) is 19.9. The van der Waals surface area contributed by atoms with Crippen LogP contribution in [0.3, 0.4) is 0 Å². The van der Waals surface area contributed by atoms with Crippen molar-refractivity contribution in [1.82, 2.24) is 5.32 Å². The van der Waals surface area contributed by atoms with Crippen LogP contribution in [0.5, 0.6) is 5.75 Å². The number of ether oxygens (including phenoxy) is 2. The molecule has 3 aromatic rings. The van der Waals surface area contributed by atoms with Gasteiger partial charge in [-0.2, -0.15) is 0 Å². The number of aromatic hydroxyl groups is 1. The van der Waals surface area contributed by atoms with Crippen molar-refractivity contribution in [1.29, 1.82) is 0 Å². The van der Waals surface area contributed by atoms with Crippen molar-refractivity contribution in [2.75, 3.05) is 17.7 Å². The van der Waals surface area contributed by atoms with Gasteiger partial charge in [0.2, 0.25) is 5.91 Å². The third-order valence-electron chi connectivity index (χ3n) is 5.10. The summed E-state index contributed by atoms with van der Waals surface area (Å²) in [4.78, 5) is 37.7. The van der Waals surface area contributed by atoms with E-state index in [4.69, 9.17) is 15.2 Å². The number of amides is 3. The molecule has 0 aliphatic heterocycles. The molecule has 0 fully saturated rings. The van der Waals surface area contributed by atoms with Crippen molar-refractivity contribution in [3.63, 3.8) is 0 Å². The number of phenolic OH excluding ortho intramolecular Hbond substituents is 1. The molecular formula is C27H26BrN3O6. The number of phenols is 1. The van der Waals surface area contributed by atoms with E-state index in [0.29, 0.717) is 15.8 Å². The van der Waals surface area contributed by atoms with Crippen LogP contribution in [-0.2, 0) is 14.3 Å². The second-order valence-electron chi connectivity index (χ2n) is 7.70. The predicted octanol–water partition coefficient (Wildman–Crippen LogP) is 4.94. The van der Waals surface area contributed by atoms with E-state index in [1.54, 1.807) is 73.7 Å². The fourth-order valence-electron chi connectivity index (χ4n) is 3.36. The van der Waals surface area contributed by atoms with E-state index in [1.807, 2.05) is 0 Å². The van der Waals surface area contributed by atoms with Crippen LogP contribution < -0.4 is 16.4 Å². The highest BCUT2D eigenvalue weighted by Crippen LogP contribution is 2.34. The Hall–Kier alpha value is -4.15. The maximum Gasteiger partial charge on any atom is 0.414 e. The summed E-state index contributed by atoms with van der Waals surface area (Å²) in [6.45, 7) is 1.92. The van der Waals surface area contributed by atoms with Crippen molar-refractivity contribution in [2.24, 2.45) is 0 Å². The molecule has 37 heavy (non-hydrogen) atoms. The van der Waals surface area contributed by atoms with Crippen molar-refractivity contribution >= 4 is 45.2 Å². The molecule has 0 aromatic heterocycles. The number of nitrogen functional groups attached to an aromatic ring is 1. The zero-order chi connectivity index (χ0) is 26.8. The Morgan fingerprint density at radius 3 is 2.46 bits per heavy atom. The number of nitrogens with one attached hydrogen (secondary N) is 2. The molecule has 192 valence electrons. The standard InChI is InChI=1S/C27H26BrN3O6/c1-2-36-23(14-15-24(33)30-21-11-7-6-10-20(21)29)25(19-16-18(28)12-13-22(19)32)37-27(35)31-26(34)17-8-4-3-5-9-17/h3-16,23,25,32H,2,29H2,1H3,(H,30,33)(H,31,34,35)/b15-14+/t23-,25-/m0/s1. The van der Waals surface area contributed by atoms with Gasteiger partial charge in [0.05, 0.1) is 11.4 Å². The van der Waals surface area contributed by atoms with Crippen LogP contribution in [0.25, 0.3) is 0 Å². The first-order chi connectivity index (χ1) is 17.8. The van der Waals surface area contributed by atoms with E-state index < -0.39 is 30.1 Å². The lowest BCUT2D eigenvalue weighted by Crippen LogP contribution is -2.35. The van der Waals surface area contributed by atoms with Crippen LogP contribution in [0.4, 0.5) is 16.2 Å². The van der Waals surface area contributed by atoms with Gasteiger partial charge in [-0.1, -0.05) is 46.3 Å². The Bertz CT molecular complexity index is 1280. The van der Waals surface area contributed by atoms with Crippen molar-refractivity contribution in [3.05, 3.63) is 101 Å². The predicted molar refractivity (Wildman–Crippen MR) is 143 cm³/mol. The van der Waals surface area contributed by atoms with Gasteiger partial charge in [0.15, 0.2) is 6.10 Å². The Labute approximate surface area is 222 Å². The van der Waals surface area contributed by atoms with Gasteiger partial charge >= 0.3 is 6.09 Å². The average molecular weight is 568 g/mol. The summed E-state index contributed by atoms with van der Waals surface area (Å²) in [5.41, 5.74) is 7.17. The molecule has 3 amide bonds. The van der Waals surface area contributed by atoms with Gasteiger partial charge in [-0.3, -0.25) is 14.9 Å². The molecule has 2 atom stereocenters. The number of carbonyl (C=O) groups is 3. The molecule has 5 N–H and O–H groups in total. The summed E-state index contributed by atoms with van der Waals surface area (Å²) in [6, 6.07) is 19.5. The number of nitrogens with two attached hydrogens (primary N) is 1. The fourth-order valence-corrected chi connectivity index (χ4v) is 3.74. The Morgan fingerprint density at radius 2 is 1.76 bits per heavy atom. The Morgan fingerprint density at radius 1 is 1.05 bits per heavy atom. The van der Waals surface area contributed by atoms with Gasteiger partial charge in [0, 0.05) is 28.3 Å². The smallest absolute Gasteiger partial charge is 0.414 e. The van der Waals surface area contributed by atoms with Gasteiger partial charge in [0.25, 0.3) is 5.91 Å². The first-order valence-corrected chi connectivity index (χ1v) is 12.1. The number of para-hydroxylation sites is 2. The van der Waals surface area contributed by atoms with E-state index in [-0.39, 0.29) is 23.5 Å². The molecule has 10 heteroatoms. The second-order valence-corrected chi connectivity index (χ2v) is 8.62. The van der Waals surface area contributed by atoms with Gasteiger partial charge in [-0.15, -0.1) is 0 Å². The number of alkyl carbamates (subject to hydrolysis) is 1. The molecule has 0 aliphatic carbocycles. The number of rotatable bonds is 9. The SMILES string of the molecule is CCO[C@@H](/C=C/C(=O)Nc1ccccc1N)[C@@H](OC(=O)NC(=O)c1ccccc1)c1cc(Br)ccc1O. The minimum atomic E-state index is -1.22. The number of halogens is 1. The maximum absolute atomic E-state index is 12.7. The maximum atomic E-state index is 12.7. The normalized spacial score (nSPS) is 12.5. The van der Waals surface area contributed by atoms with E-state index in [9.17, 15) is 19.5 Å². The first-order valence-electron chi connectivity index (χ1n) is 11.3. The second kappa shape index (κ2) is 13.2. The Kier molecular flexibility index (Phi) is 9.82. The van der Waals surface area contributed by atoms with Crippen LogP contribution in [0.1, 0.15) is 28.9 Å². The molecule has 3 aromatic carbocycles. The number of hydrogen-bond donors (Lipinski definition) is 4. The van der Waals surface area contributed by atoms with E-state index in [0.717, 1.165) is 0 Å². The van der Waals surface area contributed by atoms with Crippen molar-refractivity contribution in [3.8, 4) is 5.75 Å². The molecule has 9 nitrogen and oxygen atoms in total. The Balaban J connectivity index is 1.85. The highest BCUT2D eigenvalue weighted by Gasteiger charge is 2.29. The monoisotopic (exact) mass is 567 g/mol. The highest BCUT2D eigenvalue weighted by molar-refractivity contribution is 9.10. The average Bonchev–Trinajstić information content (AvgIpc) is 2.88. The molecule has 0 unspecified atom stereocenters. The number of carbonyl (C=O) groups excluding carboxylic acids is 3. The summed E-state index contributed by atoms with van der Waals surface area (Å²) in [5, 5.41) is 15.4. The van der Waals surface area contributed by atoms with Gasteiger partial charge in [0.1, 0.15) is 11.9 Å². The molecule has 0 radical (unpaired) electrons. The fraction of sp³-hybridized carbons (Fsp3) is 0.148. The number of imide groups is 1. The van der Waals surface area contributed by atoms with Crippen LogP contribution in [-0.4, -0.2) is 35.7 Å². The van der Waals surface area contributed by atoms with Gasteiger partial charge in [-0.25, -0.2) is 4.79 Å². The quantitative estimate of drug-likeness (QED) is 0.212. The molecular weight excluding hydrogens is 542 g/mol. The molecule has 3 rings (SSSR count). The highest BCUT2D eigenvalue weighted by atomic mass is 79.9. The van der Waals surface area contributed by atoms with E-state index in [2.05, 4.69) is 26.6 Å². The molecule has 0 spiro atoms. The molecule has 0 aliphatic rings. The minimum Gasteiger partial charge on any atom is -0.508 e. The first kappa shape index (κ1) is 27.4. The topological polar surface area (TPSA) is 140 Å². The summed E-state index contributed by atoms with van der Waals surface area (Å²) in [7, 11) is 0. The molecule has 0 heterocycles. The molecule has 0 saturated heterocycles. The third-order valence-corrected chi connectivity index (χ3v) is 5.59. The number of anilines is 2. The third kappa shape index (κ3) is 7.92. The van der Waals surface area contributed by atoms with E-state index in [1.165, 1.54) is 18.2 Å². The van der Waals surface area contributed by atoms with Gasteiger partial charge in [-0.05, 0) is 55.5 Å². The summed E-state index contributed by atoms with van der Waals surface area (Å²) in [5.74, 6) is -1.33. The summed E-state index contributed by atoms with van der Waals surface area (Å²) in [6.07, 6.45) is -0.660. The van der Waals surface area contributed by atoms with Crippen LogP contribution in [0.2, 0.25) is 0 Å². The lowest BCUT2D eigenvalue weighted by Gasteiger charge is -2.26. The summed E-state index contributed by atoms with van der Waals surface area (Å²) >= 11 is 3.34. The minimum absolute atomic E-state index is 0.171. The summed E-state index contributed by atoms with van der Waals surface area (Å²) < 4.78 is 11.9. The zero-order valence-corrected chi connectivity index (χ0v) is 21.5. The number of hydrogen-bond acceptors (Lipinski definition) is 7. The van der Waals surface area contributed by atoms with Crippen molar-refractivity contribution < 1.29 is 29.0 Å². The van der Waals surface area contributed by atoms with E-state index >= 15 is 0 Å². The lowest BCUT2D eigenvalue weighted by molar-refractivity contribution is -0.112. The lowest BCUT2D eigenvalue weighted by atomic mass is 10.0.